The predicted octanol–water partition coefficient (Wildman–Crippen LogP) is 2.10. The fraction of sp³-hybridized carbons (Fsp3) is 0.917. The number of nitrogens with zero attached hydrogens (tertiary/aromatic N) is 3. The van der Waals surface area contributed by atoms with Gasteiger partial charge in [-0.2, -0.15) is 0 Å². The first-order chi connectivity index (χ1) is 8.75. The molecule has 1 fully saturated rings. The van der Waals surface area contributed by atoms with Gasteiger partial charge in [-0.25, -0.2) is 0 Å². The largest absolute Gasteiger partial charge is 0.368 e. The van der Waals surface area contributed by atoms with E-state index in [9.17, 15) is 4.79 Å². The maximum atomic E-state index is 11.5. The van der Waals surface area contributed by atoms with Crippen molar-refractivity contribution in [3.05, 3.63) is 10.4 Å². The smallest absolute Gasteiger partial charge is 0.234 e. The number of hydrogen-bond donors (Lipinski definition) is 2. The van der Waals surface area contributed by atoms with Crippen molar-refractivity contribution in [2.24, 2.45) is 16.8 Å². The van der Waals surface area contributed by atoms with Gasteiger partial charge in [0.05, 0.1) is 6.04 Å². The zero-order chi connectivity index (χ0) is 13.2. The van der Waals surface area contributed by atoms with Gasteiger partial charge in [0, 0.05) is 18.0 Å². The first-order valence-corrected chi connectivity index (χ1v) is 6.79. The number of nitrogens with two attached hydrogens (primary N) is 1. The molecule has 6 nitrogen and oxygen atoms in total. The van der Waals surface area contributed by atoms with Gasteiger partial charge in [0.2, 0.25) is 5.91 Å². The van der Waals surface area contributed by atoms with Crippen LogP contribution >= 0.6 is 0 Å². The monoisotopic (exact) mass is 253 g/mol. The molecule has 1 unspecified atom stereocenters. The first-order valence-electron chi connectivity index (χ1n) is 6.79. The maximum absolute atomic E-state index is 11.5. The molecule has 0 heterocycles. The Kier molecular flexibility index (Phi) is 7.22. The zero-order valence-corrected chi connectivity index (χ0v) is 10.8. The first kappa shape index (κ1) is 14.8. The average Bonchev–Trinajstić information content (AvgIpc) is 2.30. The van der Waals surface area contributed by atoms with Crippen molar-refractivity contribution in [1.82, 2.24) is 5.32 Å². The Balaban J connectivity index is 2.47. The third-order valence-electron chi connectivity index (χ3n) is 3.57. The number of hydrogen-bond acceptors (Lipinski definition) is 3. The minimum atomic E-state index is -0.290. The van der Waals surface area contributed by atoms with Crippen LogP contribution in [0.3, 0.4) is 0 Å². The summed E-state index contributed by atoms with van der Waals surface area (Å²) < 4.78 is 0. The Morgan fingerprint density at radius 3 is 2.50 bits per heavy atom. The second kappa shape index (κ2) is 8.78. The minimum absolute atomic E-state index is 0.281. The quantitative estimate of drug-likeness (QED) is 0.327. The van der Waals surface area contributed by atoms with E-state index >= 15 is 0 Å². The SMILES string of the molecule is [N-]=[N+]=NCCNC(C(N)=O)C1CCCCCCC1. The number of carbonyl (C=O) groups is 1. The second-order valence-electron chi connectivity index (χ2n) is 4.89. The van der Waals surface area contributed by atoms with E-state index in [1.807, 2.05) is 0 Å². The van der Waals surface area contributed by atoms with Crippen molar-refractivity contribution in [1.29, 1.82) is 0 Å². The normalized spacial score (nSPS) is 19.3. The lowest BCUT2D eigenvalue weighted by molar-refractivity contribution is -0.121. The van der Waals surface area contributed by atoms with E-state index in [1.165, 1.54) is 32.1 Å². The standard InChI is InChI=1S/C12H23N5O/c13-12(18)11(15-8-9-16-17-14)10-6-4-2-1-3-5-7-10/h10-11,15H,1-9H2,(H2,13,18). The number of primary amides is 1. The van der Waals surface area contributed by atoms with Gasteiger partial charge in [-0.1, -0.05) is 37.2 Å². The molecule has 0 aliphatic heterocycles. The lowest BCUT2D eigenvalue weighted by Crippen LogP contribution is -2.47. The van der Waals surface area contributed by atoms with Gasteiger partial charge in [0.25, 0.3) is 0 Å². The van der Waals surface area contributed by atoms with Crippen LogP contribution < -0.4 is 11.1 Å². The number of amides is 1. The summed E-state index contributed by atoms with van der Waals surface area (Å²) in [6, 6.07) is -0.281. The lowest BCUT2D eigenvalue weighted by atomic mass is 9.85. The van der Waals surface area contributed by atoms with Gasteiger partial charge in [-0.15, -0.1) is 0 Å². The molecule has 0 aromatic heterocycles. The van der Waals surface area contributed by atoms with Crippen LogP contribution in [-0.2, 0) is 4.79 Å². The molecule has 18 heavy (non-hydrogen) atoms. The van der Waals surface area contributed by atoms with E-state index in [-0.39, 0.29) is 11.9 Å². The average molecular weight is 253 g/mol. The Hall–Kier alpha value is -1.26. The van der Waals surface area contributed by atoms with Crippen molar-refractivity contribution in [3.63, 3.8) is 0 Å². The molecule has 1 amide bonds. The Morgan fingerprint density at radius 2 is 1.94 bits per heavy atom. The van der Waals surface area contributed by atoms with E-state index in [0.29, 0.717) is 19.0 Å². The zero-order valence-electron chi connectivity index (χ0n) is 10.8. The molecule has 1 atom stereocenters. The summed E-state index contributed by atoms with van der Waals surface area (Å²) >= 11 is 0. The predicted molar refractivity (Wildman–Crippen MR) is 70.8 cm³/mol. The number of carbonyl (C=O) groups excluding carboxylic acids is 1. The summed E-state index contributed by atoms with van der Waals surface area (Å²) in [4.78, 5) is 14.2. The minimum Gasteiger partial charge on any atom is -0.368 e. The van der Waals surface area contributed by atoms with E-state index in [2.05, 4.69) is 15.3 Å². The summed E-state index contributed by atoms with van der Waals surface area (Å²) in [5.74, 6) is 0.0374. The summed E-state index contributed by atoms with van der Waals surface area (Å²) in [5.41, 5.74) is 13.7. The van der Waals surface area contributed by atoms with E-state index < -0.39 is 0 Å². The molecule has 0 aromatic carbocycles. The second-order valence-corrected chi connectivity index (χ2v) is 4.89. The van der Waals surface area contributed by atoms with Crippen molar-refractivity contribution in [2.75, 3.05) is 13.1 Å². The van der Waals surface area contributed by atoms with Gasteiger partial charge in [0.1, 0.15) is 0 Å². The molecular formula is C12H23N5O. The van der Waals surface area contributed by atoms with Crippen molar-refractivity contribution in [2.45, 2.75) is 51.0 Å². The molecule has 0 radical (unpaired) electrons. The van der Waals surface area contributed by atoms with Crippen LogP contribution in [-0.4, -0.2) is 25.0 Å². The van der Waals surface area contributed by atoms with Crippen molar-refractivity contribution < 1.29 is 4.79 Å². The highest BCUT2D eigenvalue weighted by atomic mass is 16.1. The van der Waals surface area contributed by atoms with Crippen LogP contribution in [0.25, 0.3) is 10.4 Å². The molecule has 102 valence electrons. The lowest BCUT2D eigenvalue weighted by Gasteiger charge is -2.27. The van der Waals surface area contributed by atoms with Crippen LogP contribution in [0.1, 0.15) is 44.9 Å². The van der Waals surface area contributed by atoms with Gasteiger partial charge in [-0.3, -0.25) is 4.79 Å². The van der Waals surface area contributed by atoms with Crippen LogP contribution in [0.4, 0.5) is 0 Å². The third kappa shape index (κ3) is 5.38. The maximum Gasteiger partial charge on any atom is 0.234 e. The van der Waals surface area contributed by atoms with Gasteiger partial charge < -0.3 is 11.1 Å². The summed E-state index contributed by atoms with van der Waals surface area (Å²) in [6.45, 7) is 0.862. The Bertz CT molecular complexity index is 293. The highest BCUT2D eigenvalue weighted by Gasteiger charge is 2.25. The fourth-order valence-corrected chi connectivity index (χ4v) is 2.64. The van der Waals surface area contributed by atoms with Crippen LogP contribution in [0, 0.1) is 5.92 Å². The summed E-state index contributed by atoms with van der Waals surface area (Å²) in [6.07, 6.45) is 8.27. The van der Waals surface area contributed by atoms with Gasteiger partial charge >= 0.3 is 0 Å². The molecule has 6 heteroatoms. The summed E-state index contributed by atoms with van der Waals surface area (Å²) in [5, 5.41) is 6.58. The molecule has 1 rings (SSSR count). The van der Waals surface area contributed by atoms with Crippen molar-refractivity contribution >= 4 is 5.91 Å². The summed E-state index contributed by atoms with van der Waals surface area (Å²) in [7, 11) is 0. The molecule has 3 N–H and O–H groups in total. The Morgan fingerprint density at radius 1 is 1.33 bits per heavy atom. The van der Waals surface area contributed by atoms with Crippen LogP contribution in [0.15, 0.2) is 5.11 Å². The topological polar surface area (TPSA) is 104 Å². The highest BCUT2D eigenvalue weighted by molar-refractivity contribution is 5.80. The molecule has 0 aromatic rings. The third-order valence-corrected chi connectivity index (χ3v) is 3.57. The van der Waals surface area contributed by atoms with E-state index in [1.54, 1.807) is 0 Å². The van der Waals surface area contributed by atoms with Crippen molar-refractivity contribution in [3.8, 4) is 0 Å². The molecular weight excluding hydrogens is 230 g/mol. The number of azide groups is 1. The molecule has 1 saturated carbocycles. The van der Waals surface area contributed by atoms with Gasteiger partial charge in [-0.05, 0) is 24.3 Å². The highest BCUT2D eigenvalue weighted by Crippen LogP contribution is 2.24. The van der Waals surface area contributed by atoms with Gasteiger partial charge in [0.15, 0.2) is 0 Å². The van der Waals surface area contributed by atoms with Crippen LogP contribution in [0.2, 0.25) is 0 Å². The van der Waals surface area contributed by atoms with E-state index in [0.717, 1.165) is 12.8 Å². The van der Waals surface area contributed by atoms with E-state index in [4.69, 9.17) is 11.3 Å². The fourth-order valence-electron chi connectivity index (χ4n) is 2.64. The molecule has 0 saturated heterocycles. The number of rotatable bonds is 6. The number of nitrogens with one attached hydrogen (secondary N) is 1. The molecule has 1 aliphatic rings. The molecule has 0 bridgehead atoms. The van der Waals surface area contributed by atoms with Crippen LogP contribution in [0.5, 0.6) is 0 Å². The molecule has 0 spiro atoms. The molecule has 1 aliphatic carbocycles. The Labute approximate surface area is 108 Å².